The van der Waals surface area contributed by atoms with Gasteiger partial charge in [-0.05, 0) is 51.7 Å². The summed E-state index contributed by atoms with van der Waals surface area (Å²) in [6.07, 6.45) is -3.27. The van der Waals surface area contributed by atoms with Gasteiger partial charge in [-0.15, -0.1) is 0 Å². The number of benzene rings is 1. The van der Waals surface area contributed by atoms with Gasteiger partial charge in [0.25, 0.3) is 5.56 Å². The Hall–Kier alpha value is -3.08. The molecule has 2 saturated heterocycles. The summed E-state index contributed by atoms with van der Waals surface area (Å²) < 4.78 is 55.2. The minimum atomic E-state index is -4.58. The molecule has 1 aromatic heterocycles. The summed E-state index contributed by atoms with van der Waals surface area (Å²) in [5.41, 5.74) is -1.76. The Kier molecular flexibility index (Phi) is 6.48. The van der Waals surface area contributed by atoms with E-state index in [1.807, 2.05) is 4.90 Å². The van der Waals surface area contributed by atoms with Gasteiger partial charge in [-0.1, -0.05) is 24.3 Å². The van der Waals surface area contributed by atoms with Crippen molar-refractivity contribution in [1.29, 1.82) is 0 Å². The summed E-state index contributed by atoms with van der Waals surface area (Å²) in [7, 11) is 0. The number of anilines is 2. The highest BCUT2D eigenvalue weighted by atomic mass is 19.4. The maximum Gasteiger partial charge on any atom is 0.413 e. The number of morpholine rings is 1. The van der Waals surface area contributed by atoms with E-state index in [1.165, 1.54) is 11.0 Å². The lowest BCUT2D eigenvalue weighted by molar-refractivity contribution is -0.182. The molecule has 0 amide bonds. The number of carbonyl (C=O) groups is 1. The van der Waals surface area contributed by atoms with Crippen LogP contribution in [-0.4, -0.2) is 64.7 Å². The molecule has 38 heavy (non-hydrogen) atoms. The summed E-state index contributed by atoms with van der Waals surface area (Å²) in [5.74, 6) is 0.0995. The highest BCUT2D eigenvalue weighted by Gasteiger charge is 2.59. The second-order valence-corrected chi connectivity index (χ2v) is 11.6. The zero-order valence-corrected chi connectivity index (χ0v) is 22.0. The SMILES string of the molecule is CC(C)(C)OC(=O)Cc1ccc(CCN2c3nc(N4C[C@@H]5C[C@H]4CO5)cc(=O)n3C[C@@]2(C)C(F)(F)F)cc1. The van der Waals surface area contributed by atoms with Gasteiger partial charge in [0.1, 0.15) is 11.4 Å². The van der Waals surface area contributed by atoms with Crippen molar-refractivity contribution in [1.82, 2.24) is 9.55 Å². The molecule has 3 aliphatic rings. The Morgan fingerprint density at radius 1 is 1.18 bits per heavy atom. The summed E-state index contributed by atoms with van der Waals surface area (Å²) in [4.78, 5) is 32.9. The molecule has 0 saturated carbocycles. The number of aromatic nitrogens is 2. The lowest BCUT2D eigenvalue weighted by Crippen LogP contribution is -2.56. The Balaban J connectivity index is 1.36. The standard InChI is InChI=1S/C27H33F3N4O4/c1-25(2,3)38-23(36)11-18-7-5-17(6-8-18)9-10-34-24-31-21(32-14-20-12-19(32)15-37-20)13-22(35)33(24)16-26(34,4)27(28,29)30/h5-8,13,19-20H,9-12,14-16H2,1-4H3/t19-,20-,26-/m0/s1. The van der Waals surface area contributed by atoms with Crippen molar-refractivity contribution in [3.8, 4) is 0 Å². The highest BCUT2D eigenvalue weighted by molar-refractivity contribution is 5.73. The van der Waals surface area contributed by atoms with Crippen LogP contribution in [0.3, 0.4) is 0 Å². The van der Waals surface area contributed by atoms with Crippen molar-refractivity contribution in [3.05, 3.63) is 51.8 Å². The second kappa shape index (κ2) is 9.29. The van der Waals surface area contributed by atoms with E-state index in [4.69, 9.17) is 9.47 Å². The molecule has 5 rings (SSSR count). The van der Waals surface area contributed by atoms with Crippen LogP contribution in [0.15, 0.2) is 35.1 Å². The number of rotatable bonds is 6. The van der Waals surface area contributed by atoms with Crippen LogP contribution in [0.2, 0.25) is 0 Å². The molecule has 3 atom stereocenters. The molecule has 0 N–H and O–H groups in total. The van der Waals surface area contributed by atoms with E-state index in [-0.39, 0.29) is 37.0 Å². The monoisotopic (exact) mass is 534 g/mol. The Labute approximate surface area is 219 Å². The van der Waals surface area contributed by atoms with Gasteiger partial charge in [-0.2, -0.15) is 18.2 Å². The number of esters is 1. The van der Waals surface area contributed by atoms with Crippen LogP contribution < -0.4 is 15.4 Å². The average molecular weight is 535 g/mol. The van der Waals surface area contributed by atoms with Crippen LogP contribution in [0.25, 0.3) is 0 Å². The van der Waals surface area contributed by atoms with Crippen molar-refractivity contribution >= 4 is 17.7 Å². The van der Waals surface area contributed by atoms with Gasteiger partial charge in [0.2, 0.25) is 5.95 Å². The van der Waals surface area contributed by atoms with Crippen LogP contribution in [0, 0.1) is 0 Å². The van der Waals surface area contributed by atoms with Crippen LogP contribution in [0.5, 0.6) is 0 Å². The van der Waals surface area contributed by atoms with Gasteiger partial charge >= 0.3 is 12.1 Å². The third kappa shape index (κ3) is 5.00. The van der Waals surface area contributed by atoms with E-state index in [2.05, 4.69) is 4.98 Å². The second-order valence-electron chi connectivity index (χ2n) is 11.6. The predicted octanol–water partition coefficient (Wildman–Crippen LogP) is 3.49. The van der Waals surface area contributed by atoms with Crippen molar-refractivity contribution < 1.29 is 27.4 Å². The number of halogens is 3. The van der Waals surface area contributed by atoms with Crippen molar-refractivity contribution in [3.63, 3.8) is 0 Å². The Morgan fingerprint density at radius 3 is 2.45 bits per heavy atom. The van der Waals surface area contributed by atoms with Crippen molar-refractivity contribution in [2.75, 3.05) is 29.5 Å². The number of ether oxygens (including phenoxy) is 2. The van der Waals surface area contributed by atoms with Gasteiger partial charge in [0.05, 0.1) is 31.7 Å². The van der Waals surface area contributed by atoms with Crippen molar-refractivity contribution in [2.24, 2.45) is 0 Å². The number of nitrogens with zero attached hydrogens (tertiary/aromatic N) is 4. The topological polar surface area (TPSA) is 76.9 Å². The summed E-state index contributed by atoms with van der Waals surface area (Å²) in [6.45, 7) is 7.13. The lowest BCUT2D eigenvalue weighted by Gasteiger charge is -2.37. The minimum absolute atomic E-state index is 0.0203. The molecule has 0 radical (unpaired) electrons. The molecule has 206 valence electrons. The summed E-state index contributed by atoms with van der Waals surface area (Å²) in [5, 5.41) is 0. The fraction of sp³-hybridized carbons (Fsp3) is 0.593. The van der Waals surface area contributed by atoms with Crippen LogP contribution in [-0.2, 0) is 33.7 Å². The molecule has 2 aromatic rings. The van der Waals surface area contributed by atoms with E-state index >= 15 is 0 Å². The molecule has 2 fully saturated rings. The molecule has 0 spiro atoms. The van der Waals surface area contributed by atoms with Gasteiger partial charge < -0.3 is 19.3 Å². The summed E-state index contributed by atoms with van der Waals surface area (Å²) >= 11 is 0. The molecule has 3 aliphatic heterocycles. The first-order valence-corrected chi connectivity index (χ1v) is 12.9. The molecule has 0 aliphatic carbocycles. The Bertz CT molecular complexity index is 1270. The lowest BCUT2D eigenvalue weighted by atomic mass is 9.99. The van der Waals surface area contributed by atoms with Gasteiger partial charge in [-0.25, -0.2) is 0 Å². The smallest absolute Gasteiger partial charge is 0.413 e. The molecule has 1 aromatic carbocycles. The first-order valence-electron chi connectivity index (χ1n) is 12.9. The minimum Gasteiger partial charge on any atom is -0.460 e. The molecule has 11 heteroatoms. The third-order valence-electron chi connectivity index (χ3n) is 7.50. The first kappa shape index (κ1) is 26.5. The zero-order chi connectivity index (χ0) is 27.5. The Morgan fingerprint density at radius 2 is 1.87 bits per heavy atom. The van der Waals surface area contributed by atoms with Gasteiger partial charge in [0, 0.05) is 19.2 Å². The normalized spacial score (nSPS) is 24.7. The van der Waals surface area contributed by atoms with Gasteiger partial charge in [-0.3, -0.25) is 14.2 Å². The fourth-order valence-corrected chi connectivity index (χ4v) is 5.48. The van der Waals surface area contributed by atoms with E-state index in [9.17, 15) is 22.8 Å². The maximum absolute atomic E-state index is 14.4. The van der Waals surface area contributed by atoms with Gasteiger partial charge in [0.15, 0.2) is 5.54 Å². The average Bonchev–Trinajstić information content (AvgIpc) is 3.51. The molecule has 0 unspecified atom stereocenters. The molecule has 2 bridgehead atoms. The third-order valence-corrected chi connectivity index (χ3v) is 7.50. The van der Waals surface area contributed by atoms with E-state index < -0.39 is 29.4 Å². The quantitative estimate of drug-likeness (QED) is 0.525. The van der Waals surface area contributed by atoms with E-state index in [1.54, 1.807) is 45.0 Å². The fourth-order valence-electron chi connectivity index (χ4n) is 5.48. The molecular formula is C27H33F3N4O4. The van der Waals surface area contributed by atoms with Crippen molar-refractivity contribution in [2.45, 2.75) is 83.0 Å². The van der Waals surface area contributed by atoms with E-state index in [0.29, 0.717) is 25.4 Å². The molecular weight excluding hydrogens is 501 g/mol. The number of alkyl halides is 3. The number of hydrogen-bond donors (Lipinski definition) is 0. The van der Waals surface area contributed by atoms with Crippen LogP contribution >= 0.6 is 0 Å². The first-order chi connectivity index (χ1) is 17.7. The van der Waals surface area contributed by atoms with Crippen LogP contribution in [0.4, 0.5) is 24.9 Å². The zero-order valence-electron chi connectivity index (χ0n) is 22.0. The molecule has 8 nitrogen and oxygen atoms in total. The summed E-state index contributed by atoms with van der Waals surface area (Å²) in [6, 6.07) is 8.60. The number of fused-ring (bicyclic) bond motifs is 3. The predicted molar refractivity (Wildman–Crippen MR) is 135 cm³/mol. The highest BCUT2D eigenvalue weighted by Crippen LogP contribution is 2.44. The molecule has 4 heterocycles. The number of carbonyl (C=O) groups excluding carboxylic acids is 1. The maximum atomic E-state index is 14.4. The van der Waals surface area contributed by atoms with Crippen LogP contribution in [0.1, 0.15) is 45.2 Å². The number of hydrogen-bond acceptors (Lipinski definition) is 7. The van der Waals surface area contributed by atoms with E-state index in [0.717, 1.165) is 29.0 Å². The largest absolute Gasteiger partial charge is 0.460 e.